The number of rotatable bonds is 6. The highest BCUT2D eigenvalue weighted by Crippen LogP contribution is 2.29. The molecule has 0 saturated carbocycles. The Kier molecular flexibility index (Phi) is 3.90. The molecule has 0 spiro atoms. The zero-order chi connectivity index (χ0) is 17.8. The number of carboxylic acid groups (broad SMARTS) is 1. The molecule has 0 bridgehead atoms. The maximum atomic E-state index is 11.0. The Morgan fingerprint density at radius 2 is 1.68 bits per heavy atom. The Hall–Kier alpha value is -4.49. The van der Waals surface area contributed by atoms with Crippen molar-refractivity contribution in [3.63, 3.8) is 0 Å². The van der Waals surface area contributed by atoms with Gasteiger partial charge in [0.1, 0.15) is 6.54 Å². The van der Waals surface area contributed by atoms with Gasteiger partial charge in [-0.1, -0.05) is 0 Å². The molecule has 0 aliphatic carbocycles. The summed E-state index contributed by atoms with van der Waals surface area (Å²) in [6.45, 7) is -0.618. The van der Waals surface area contributed by atoms with Gasteiger partial charge in [0.2, 0.25) is 17.5 Å². The predicted octanol–water partition coefficient (Wildman–Crippen LogP) is 1.35. The van der Waals surface area contributed by atoms with Gasteiger partial charge in [0, 0.05) is 9.82 Å². The zero-order valence-corrected chi connectivity index (χ0v) is 11.7. The molecule has 0 aliphatic rings. The van der Waals surface area contributed by atoms with Crippen molar-refractivity contribution in [2.45, 2.75) is 6.54 Å². The number of carboxylic acids is 1. The smallest absolute Gasteiger partial charge is 0.325 e. The first-order valence-electron chi connectivity index (χ1n) is 6.06. The number of carbonyl (C=O) groups is 1. The van der Waals surface area contributed by atoms with Crippen LogP contribution in [0.25, 0.3) is 43.9 Å². The minimum atomic E-state index is -1.24. The highest BCUT2D eigenvalue weighted by atomic mass is 16.6. The Balaban J connectivity index is 2.17. The lowest BCUT2D eigenvalue weighted by Crippen LogP contribution is -2.11. The van der Waals surface area contributed by atoms with E-state index in [1.54, 1.807) is 0 Å². The Bertz CT molecular complexity index is 1030. The van der Waals surface area contributed by atoms with E-state index in [0.29, 0.717) is 0 Å². The molecule has 0 aliphatic heterocycles. The predicted molar refractivity (Wildman–Crippen MR) is 71.9 cm³/mol. The molecule has 0 amide bonds. The van der Waals surface area contributed by atoms with Crippen LogP contribution in [-0.4, -0.2) is 46.5 Å². The lowest BCUT2D eigenvalue weighted by Gasteiger charge is -1.98. The van der Waals surface area contributed by atoms with Gasteiger partial charge in [0.05, 0.1) is 0 Å². The first-order chi connectivity index (χ1) is 12.1. The average molecular weight is 345 g/mol. The van der Waals surface area contributed by atoms with Crippen molar-refractivity contribution in [1.29, 1.82) is 0 Å². The van der Waals surface area contributed by atoms with E-state index in [-0.39, 0.29) is 34.7 Å². The van der Waals surface area contributed by atoms with Crippen LogP contribution in [0.5, 0.6) is 0 Å². The third-order valence-electron chi connectivity index (χ3n) is 2.60. The molecule has 3 heterocycles. The van der Waals surface area contributed by atoms with Crippen LogP contribution < -0.4 is 0 Å². The van der Waals surface area contributed by atoms with Crippen LogP contribution in [0, 0.1) is 0 Å². The van der Waals surface area contributed by atoms with Gasteiger partial charge in [-0.15, -0.1) is 5.10 Å². The highest BCUT2D eigenvalue weighted by molar-refractivity contribution is 5.71. The van der Waals surface area contributed by atoms with E-state index in [0.717, 1.165) is 4.68 Å². The van der Waals surface area contributed by atoms with E-state index in [1.807, 2.05) is 0 Å². The molecule has 0 radical (unpaired) electrons. The summed E-state index contributed by atoms with van der Waals surface area (Å²) in [4.78, 5) is 20.1. The van der Waals surface area contributed by atoms with E-state index in [1.165, 1.54) is 0 Å². The second-order valence-corrected chi connectivity index (χ2v) is 4.06. The summed E-state index contributed by atoms with van der Waals surface area (Å²) in [5, 5.41) is 33.2. The molecule has 3 aromatic heterocycles. The Labute approximate surface area is 134 Å². The molecule has 0 fully saturated rings. The molecule has 0 unspecified atom stereocenters. The highest BCUT2D eigenvalue weighted by Gasteiger charge is 2.24. The van der Waals surface area contributed by atoms with Gasteiger partial charge in [-0.2, -0.15) is 0 Å². The maximum absolute atomic E-state index is 11.0. The Morgan fingerprint density at radius 1 is 1.08 bits per heavy atom. The Morgan fingerprint density at radius 3 is 2.28 bits per heavy atom. The second-order valence-electron chi connectivity index (χ2n) is 4.06. The summed E-state index contributed by atoms with van der Waals surface area (Å²) in [5.41, 5.74) is 16.7. The molecule has 3 rings (SSSR count). The molecular weight excluding hydrogens is 342 g/mol. The molecular formula is C8H3N13O4. The average Bonchev–Trinajstić information content (AvgIpc) is 3.27. The SMILES string of the molecule is [N-]=[N+]=Nc1nonc1-c1nc(-c2nonc2N=[N+]=[N-])n(CC(=O)O)n1. The van der Waals surface area contributed by atoms with Crippen LogP contribution in [0.4, 0.5) is 11.6 Å². The minimum absolute atomic E-state index is 0.134. The van der Waals surface area contributed by atoms with Crippen molar-refractivity contribution in [3.05, 3.63) is 20.9 Å². The number of aliphatic carboxylic acids is 1. The molecule has 3 aromatic rings. The summed E-state index contributed by atoms with van der Waals surface area (Å²) in [5.74, 6) is -2.09. The third-order valence-corrected chi connectivity index (χ3v) is 2.60. The number of hydrogen-bond acceptors (Lipinski definition) is 11. The van der Waals surface area contributed by atoms with E-state index in [4.69, 9.17) is 16.2 Å². The number of aromatic nitrogens is 7. The molecule has 0 saturated heterocycles. The molecule has 17 heteroatoms. The minimum Gasteiger partial charge on any atom is -0.480 e. The fourth-order valence-electron chi connectivity index (χ4n) is 1.72. The van der Waals surface area contributed by atoms with Crippen molar-refractivity contribution in [3.8, 4) is 23.0 Å². The van der Waals surface area contributed by atoms with Crippen LogP contribution in [0.1, 0.15) is 0 Å². The van der Waals surface area contributed by atoms with Crippen LogP contribution in [0.15, 0.2) is 19.5 Å². The molecule has 25 heavy (non-hydrogen) atoms. The van der Waals surface area contributed by atoms with E-state index in [2.05, 4.69) is 60.0 Å². The summed E-state index contributed by atoms with van der Waals surface area (Å²) in [6.07, 6.45) is 0. The van der Waals surface area contributed by atoms with Crippen LogP contribution in [0.3, 0.4) is 0 Å². The first kappa shape index (κ1) is 15.4. The number of azide groups is 2. The van der Waals surface area contributed by atoms with Crippen LogP contribution in [-0.2, 0) is 11.3 Å². The van der Waals surface area contributed by atoms with E-state index < -0.39 is 12.5 Å². The number of hydrogen-bond donors (Lipinski definition) is 1. The van der Waals surface area contributed by atoms with Crippen molar-refractivity contribution >= 4 is 17.6 Å². The van der Waals surface area contributed by atoms with Crippen molar-refractivity contribution < 1.29 is 19.2 Å². The van der Waals surface area contributed by atoms with Gasteiger partial charge in [-0.25, -0.2) is 18.9 Å². The van der Waals surface area contributed by atoms with Gasteiger partial charge < -0.3 is 5.11 Å². The van der Waals surface area contributed by atoms with E-state index in [9.17, 15) is 4.79 Å². The van der Waals surface area contributed by atoms with Crippen molar-refractivity contribution in [2.24, 2.45) is 10.2 Å². The lowest BCUT2D eigenvalue weighted by molar-refractivity contribution is -0.137. The molecule has 124 valence electrons. The van der Waals surface area contributed by atoms with Gasteiger partial charge in [-0.3, -0.25) is 4.79 Å². The molecule has 1 N–H and O–H groups in total. The van der Waals surface area contributed by atoms with Gasteiger partial charge in [0.15, 0.2) is 17.2 Å². The number of nitrogens with zero attached hydrogens (tertiary/aromatic N) is 13. The van der Waals surface area contributed by atoms with E-state index >= 15 is 0 Å². The lowest BCUT2D eigenvalue weighted by atomic mass is 10.4. The largest absolute Gasteiger partial charge is 0.480 e. The van der Waals surface area contributed by atoms with Crippen LogP contribution in [0.2, 0.25) is 0 Å². The standard InChI is InChI=1S/C8H3N13O4/c9-19-12-6-3(15-24-17-6)5-11-8(21(14-5)1-2(22)23)4-7(13-20-10)18-25-16-4/h1H2,(H,22,23). The summed E-state index contributed by atoms with van der Waals surface area (Å²) < 4.78 is 9.84. The zero-order valence-electron chi connectivity index (χ0n) is 11.7. The van der Waals surface area contributed by atoms with Crippen molar-refractivity contribution in [2.75, 3.05) is 0 Å². The maximum Gasteiger partial charge on any atom is 0.325 e. The second kappa shape index (κ2) is 6.32. The van der Waals surface area contributed by atoms with Crippen molar-refractivity contribution in [1.82, 2.24) is 35.4 Å². The molecule has 0 aromatic carbocycles. The van der Waals surface area contributed by atoms with Gasteiger partial charge in [0.25, 0.3) is 0 Å². The molecule has 17 nitrogen and oxygen atoms in total. The summed E-state index contributed by atoms with van der Waals surface area (Å²) in [7, 11) is 0. The summed E-state index contributed by atoms with van der Waals surface area (Å²) >= 11 is 0. The van der Waals surface area contributed by atoms with Gasteiger partial charge in [-0.05, 0) is 41.9 Å². The fraction of sp³-hybridized carbons (Fsp3) is 0.125. The fourth-order valence-corrected chi connectivity index (χ4v) is 1.72. The normalized spacial score (nSPS) is 10.1. The van der Waals surface area contributed by atoms with Gasteiger partial charge >= 0.3 is 5.97 Å². The van der Waals surface area contributed by atoms with Crippen LogP contribution >= 0.6 is 0 Å². The summed E-state index contributed by atoms with van der Waals surface area (Å²) in [6, 6.07) is 0. The third kappa shape index (κ3) is 2.89. The first-order valence-corrected chi connectivity index (χ1v) is 6.06. The molecule has 0 atom stereocenters. The topological polar surface area (TPSA) is 243 Å². The monoisotopic (exact) mass is 345 g/mol. The quantitative estimate of drug-likeness (QED) is 0.381.